The van der Waals surface area contributed by atoms with Crippen LogP contribution in [0.2, 0.25) is 0 Å². The summed E-state index contributed by atoms with van der Waals surface area (Å²) in [5.74, 6) is 0.0872. The number of rotatable bonds is 7. The maximum Gasteiger partial charge on any atom is 0.321 e. The van der Waals surface area contributed by atoms with Gasteiger partial charge in [-0.2, -0.15) is 0 Å². The van der Waals surface area contributed by atoms with Crippen LogP contribution >= 0.6 is 0 Å². The number of likely N-dealkylation sites (tertiary alicyclic amines) is 1. The van der Waals surface area contributed by atoms with E-state index in [4.69, 9.17) is 4.74 Å². The molecule has 1 heterocycles. The normalized spacial score (nSPS) is 16.6. The summed E-state index contributed by atoms with van der Waals surface area (Å²) in [4.78, 5) is 37.8. The SMILES string of the molecule is C=CCNC(=O)NC(=O)CN1CCC[C@@H]1C(=O)Nc1ccc(OC)cc1. The standard InChI is InChI=1S/C18H24N4O4/c1-3-10-19-18(25)21-16(23)12-22-11-4-5-15(22)17(24)20-13-6-8-14(26-2)9-7-13/h3,6-9,15H,1,4-5,10-12H2,2H3,(H,20,24)(H2,19,21,23,25)/t15-/m1/s1. The van der Waals surface area contributed by atoms with Crippen LogP contribution in [0, 0.1) is 0 Å². The predicted molar refractivity (Wildman–Crippen MR) is 98.0 cm³/mol. The molecule has 0 radical (unpaired) electrons. The van der Waals surface area contributed by atoms with E-state index in [1.807, 2.05) is 0 Å². The summed E-state index contributed by atoms with van der Waals surface area (Å²) in [5.41, 5.74) is 0.663. The van der Waals surface area contributed by atoms with Crippen LogP contribution in [-0.2, 0) is 9.59 Å². The van der Waals surface area contributed by atoms with E-state index in [0.717, 1.165) is 6.42 Å². The first kappa shape index (κ1) is 19.5. The van der Waals surface area contributed by atoms with Crippen molar-refractivity contribution in [1.82, 2.24) is 15.5 Å². The van der Waals surface area contributed by atoms with Gasteiger partial charge >= 0.3 is 6.03 Å². The van der Waals surface area contributed by atoms with Gasteiger partial charge in [0, 0.05) is 12.2 Å². The lowest BCUT2D eigenvalue weighted by atomic mass is 10.2. The smallest absolute Gasteiger partial charge is 0.321 e. The highest BCUT2D eigenvalue weighted by molar-refractivity contribution is 5.97. The second-order valence-electron chi connectivity index (χ2n) is 5.89. The van der Waals surface area contributed by atoms with E-state index < -0.39 is 18.0 Å². The van der Waals surface area contributed by atoms with E-state index in [0.29, 0.717) is 24.4 Å². The number of amides is 4. The number of anilines is 1. The molecule has 0 aromatic heterocycles. The first-order valence-corrected chi connectivity index (χ1v) is 8.41. The Bertz CT molecular complexity index is 660. The van der Waals surface area contributed by atoms with Crippen LogP contribution in [0.3, 0.4) is 0 Å². The van der Waals surface area contributed by atoms with Crippen molar-refractivity contribution in [3.8, 4) is 5.75 Å². The molecule has 1 saturated heterocycles. The van der Waals surface area contributed by atoms with E-state index in [1.165, 1.54) is 6.08 Å². The molecule has 8 heteroatoms. The number of nitrogens with zero attached hydrogens (tertiary/aromatic N) is 1. The molecular formula is C18H24N4O4. The van der Waals surface area contributed by atoms with Crippen molar-refractivity contribution in [1.29, 1.82) is 0 Å². The van der Waals surface area contributed by atoms with E-state index in [1.54, 1.807) is 36.3 Å². The number of carbonyl (C=O) groups excluding carboxylic acids is 3. The number of urea groups is 1. The third-order valence-corrected chi connectivity index (χ3v) is 4.03. The Morgan fingerprint density at radius 1 is 1.31 bits per heavy atom. The molecule has 1 aromatic rings. The molecule has 1 aliphatic rings. The first-order valence-electron chi connectivity index (χ1n) is 8.41. The Kier molecular flexibility index (Phi) is 7.16. The van der Waals surface area contributed by atoms with Crippen molar-refractivity contribution in [3.05, 3.63) is 36.9 Å². The van der Waals surface area contributed by atoms with Crippen LogP contribution in [0.25, 0.3) is 0 Å². The van der Waals surface area contributed by atoms with Gasteiger partial charge in [-0.25, -0.2) is 4.79 Å². The van der Waals surface area contributed by atoms with Gasteiger partial charge < -0.3 is 15.4 Å². The van der Waals surface area contributed by atoms with E-state index in [2.05, 4.69) is 22.5 Å². The summed E-state index contributed by atoms with van der Waals surface area (Å²) >= 11 is 0. The number of imide groups is 1. The Hall–Kier alpha value is -2.87. The van der Waals surface area contributed by atoms with E-state index in [-0.39, 0.29) is 19.0 Å². The summed E-state index contributed by atoms with van der Waals surface area (Å²) in [6.45, 7) is 4.37. The second kappa shape index (κ2) is 9.57. The molecule has 26 heavy (non-hydrogen) atoms. The van der Waals surface area contributed by atoms with E-state index >= 15 is 0 Å². The van der Waals surface area contributed by atoms with Crippen molar-refractivity contribution in [2.24, 2.45) is 0 Å². The highest BCUT2D eigenvalue weighted by atomic mass is 16.5. The monoisotopic (exact) mass is 360 g/mol. The Balaban J connectivity index is 1.87. The highest BCUT2D eigenvalue weighted by Gasteiger charge is 2.32. The fraction of sp³-hybridized carbons (Fsp3) is 0.389. The minimum Gasteiger partial charge on any atom is -0.497 e. The van der Waals surface area contributed by atoms with Gasteiger partial charge in [0.25, 0.3) is 0 Å². The molecule has 0 bridgehead atoms. The van der Waals surface area contributed by atoms with Crippen molar-refractivity contribution in [2.75, 3.05) is 32.1 Å². The highest BCUT2D eigenvalue weighted by Crippen LogP contribution is 2.20. The van der Waals surface area contributed by atoms with Crippen LogP contribution in [0.1, 0.15) is 12.8 Å². The zero-order chi connectivity index (χ0) is 18.9. The summed E-state index contributed by atoms with van der Waals surface area (Å²) in [6, 6.07) is 6.06. The van der Waals surface area contributed by atoms with Gasteiger partial charge in [-0.3, -0.25) is 19.8 Å². The summed E-state index contributed by atoms with van der Waals surface area (Å²) in [6.07, 6.45) is 3.00. The van der Waals surface area contributed by atoms with Crippen LogP contribution < -0.4 is 20.7 Å². The molecule has 1 atom stereocenters. The Morgan fingerprint density at radius 2 is 2.04 bits per heavy atom. The van der Waals surface area contributed by atoms with Crippen molar-refractivity contribution in [2.45, 2.75) is 18.9 Å². The third kappa shape index (κ3) is 5.59. The number of hydrogen-bond donors (Lipinski definition) is 3. The topological polar surface area (TPSA) is 99.8 Å². The first-order chi connectivity index (χ1) is 12.5. The van der Waals surface area contributed by atoms with Crippen LogP contribution in [0.15, 0.2) is 36.9 Å². The number of nitrogens with one attached hydrogen (secondary N) is 3. The van der Waals surface area contributed by atoms with Gasteiger partial charge in [0.15, 0.2) is 0 Å². The van der Waals surface area contributed by atoms with Crippen molar-refractivity contribution in [3.63, 3.8) is 0 Å². The largest absolute Gasteiger partial charge is 0.497 e. The molecular weight excluding hydrogens is 336 g/mol. The lowest BCUT2D eigenvalue weighted by Crippen LogP contribution is -2.48. The summed E-state index contributed by atoms with van der Waals surface area (Å²) in [5, 5.41) is 7.56. The quantitative estimate of drug-likeness (QED) is 0.633. The Morgan fingerprint density at radius 3 is 2.69 bits per heavy atom. The van der Waals surface area contributed by atoms with Crippen LogP contribution in [-0.4, -0.2) is 55.5 Å². The van der Waals surface area contributed by atoms with Gasteiger partial charge in [0.2, 0.25) is 11.8 Å². The molecule has 1 fully saturated rings. The van der Waals surface area contributed by atoms with Crippen LogP contribution in [0.5, 0.6) is 5.75 Å². The average molecular weight is 360 g/mol. The van der Waals surface area contributed by atoms with Crippen molar-refractivity contribution >= 4 is 23.5 Å². The summed E-state index contributed by atoms with van der Waals surface area (Å²) < 4.78 is 5.09. The molecule has 8 nitrogen and oxygen atoms in total. The molecule has 3 N–H and O–H groups in total. The zero-order valence-corrected chi connectivity index (χ0v) is 14.8. The fourth-order valence-electron chi connectivity index (χ4n) is 2.77. The lowest BCUT2D eigenvalue weighted by Gasteiger charge is -2.23. The summed E-state index contributed by atoms with van der Waals surface area (Å²) in [7, 11) is 1.58. The third-order valence-electron chi connectivity index (χ3n) is 4.03. The Labute approximate surface area is 152 Å². The molecule has 1 aromatic carbocycles. The van der Waals surface area contributed by atoms with Crippen LogP contribution in [0.4, 0.5) is 10.5 Å². The van der Waals surface area contributed by atoms with E-state index in [9.17, 15) is 14.4 Å². The molecule has 1 aliphatic heterocycles. The molecule has 0 spiro atoms. The second-order valence-corrected chi connectivity index (χ2v) is 5.89. The van der Waals surface area contributed by atoms with Gasteiger partial charge in [0.1, 0.15) is 5.75 Å². The number of ether oxygens (including phenoxy) is 1. The molecule has 0 aliphatic carbocycles. The zero-order valence-electron chi connectivity index (χ0n) is 14.8. The number of benzene rings is 1. The molecule has 0 unspecified atom stereocenters. The molecule has 0 saturated carbocycles. The van der Waals surface area contributed by atoms with Gasteiger partial charge in [0.05, 0.1) is 19.7 Å². The minimum absolute atomic E-state index is 0.0117. The molecule has 2 rings (SSSR count). The molecule has 140 valence electrons. The van der Waals surface area contributed by atoms with Gasteiger partial charge in [-0.1, -0.05) is 6.08 Å². The van der Waals surface area contributed by atoms with Gasteiger partial charge in [-0.05, 0) is 43.7 Å². The maximum atomic E-state index is 12.5. The minimum atomic E-state index is -0.576. The number of hydrogen-bond acceptors (Lipinski definition) is 5. The number of carbonyl (C=O) groups is 3. The maximum absolute atomic E-state index is 12.5. The lowest BCUT2D eigenvalue weighted by molar-refractivity contribution is -0.124. The average Bonchev–Trinajstić information content (AvgIpc) is 3.08. The number of methoxy groups -OCH3 is 1. The predicted octanol–water partition coefficient (Wildman–Crippen LogP) is 1.11. The fourth-order valence-corrected chi connectivity index (χ4v) is 2.77. The van der Waals surface area contributed by atoms with Gasteiger partial charge in [-0.15, -0.1) is 6.58 Å². The molecule has 4 amide bonds. The van der Waals surface area contributed by atoms with Crippen molar-refractivity contribution < 1.29 is 19.1 Å².